The summed E-state index contributed by atoms with van der Waals surface area (Å²) in [7, 11) is 0. The highest BCUT2D eigenvalue weighted by Crippen LogP contribution is 2.33. The van der Waals surface area contributed by atoms with Gasteiger partial charge in [-0.2, -0.15) is 0 Å². The van der Waals surface area contributed by atoms with E-state index < -0.39 is 0 Å². The maximum atomic E-state index is 11.9. The molecular weight excluding hydrogens is 353 g/mol. The van der Waals surface area contributed by atoms with E-state index in [1.165, 1.54) is 37.8 Å². The van der Waals surface area contributed by atoms with Crippen molar-refractivity contribution in [1.29, 1.82) is 0 Å². The summed E-state index contributed by atoms with van der Waals surface area (Å²) in [5.41, 5.74) is 1.29. The van der Waals surface area contributed by atoms with Crippen LogP contribution in [-0.2, 0) is 11.2 Å². The highest BCUT2D eigenvalue weighted by atomic mass is 35.5. The molecule has 0 bridgehead atoms. The number of carbonyl (C=O) groups is 1. The first-order chi connectivity index (χ1) is 10.3. The van der Waals surface area contributed by atoms with Crippen molar-refractivity contribution in [2.24, 2.45) is 0 Å². The lowest BCUT2D eigenvalue weighted by atomic mass is 9.87. The standard InChI is InChI=1S/C16H25N3OS.2ClH/c20-16(13-7-4-9-17-13)18-10-8-15-19-14(11-21-15)12-5-2-1-3-6-12;;/h11-13,17H,1-10H2,(H,18,20);2*1H. The smallest absolute Gasteiger partial charge is 0.237 e. The topological polar surface area (TPSA) is 54.0 Å². The number of amides is 1. The number of aromatic nitrogens is 1. The Morgan fingerprint density at radius 1 is 1.22 bits per heavy atom. The molecule has 23 heavy (non-hydrogen) atoms. The Kier molecular flexibility index (Phi) is 9.44. The van der Waals surface area contributed by atoms with Gasteiger partial charge in [0.25, 0.3) is 0 Å². The third kappa shape index (κ3) is 5.89. The lowest BCUT2D eigenvalue weighted by Crippen LogP contribution is -2.41. The molecule has 7 heteroatoms. The molecule has 2 heterocycles. The molecule has 4 nitrogen and oxygen atoms in total. The zero-order valence-corrected chi connectivity index (χ0v) is 15.8. The lowest BCUT2D eigenvalue weighted by Gasteiger charge is -2.19. The molecule has 132 valence electrons. The summed E-state index contributed by atoms with van der Waals surface area (Å²) in [6, 6.07) is 0.0269. The molecule has 1 aliphatic carbocycles. The quantitative estimate of drug-likeness (QED) is 0.823. The van der Waals surface area contributed by atoms with E-state index in [0.717, 1.165) is 30.8 Å². The van der Waals surface area contributed by atoms with Crippen molar-refractivity contribution >= 4 is 42.1 Å². The molecule has 1 saturated heterocycles. The molecule has 3 rings (SSSR count). The first kappa shape index (κ1) is 20.7. The average molecular weight is 380 g/mol. The van der Waals surface area contributed by atoms with Crippen LogP contribution in [0.25, 0.3) is 0 Å². The van der Waals surface area contributed by atoms with Crippen LogP contribution in [0.2, 0.25) is 0 Å². The second-order valence-electron chi connectivity index (χ2n) is 6.19. The molecule has 0 aromatic carbocycles. The molecule has 1 amide bonds. The van der Waals surface area contributed by atoms with E-state index in [-0.39, 0.29) is 36.8 Å². The molecule has 1 unspecified atom stereocenters. The molecular formula is C16H27Cl2N3OS. The fourth-order valence-corrected chi connectivity index (χ4v) is 4.23. The summed E-state index contributed by atoms with van der Waals surface area (Å²) in [5, 5.41) is 9.64. The summed E-state index contributed by atoms with van der Waals surface area (Å²) >= 11 is 1.75. The molecule has 1 aromatic rings. The van der Waals surface area contributed by atoms with Gasteiger partial charge in [0, 0.05) is 24.3 Å². The molecule has 2 aliphatic rings. The molecule has 1 aromatic heterocycles. The molecule has 0 spiro atoms. The second kappa shape index (κ2) is 10.5. The van der Waals surface area contributed by atoms with Gasteiger partial charge in [0.15, 0.2) is 0 Å². The van der Waals surface area contributed by atoms with E-state index in [1.807, 2.05) is 0 Å². The van der Waals surface area contributed by atoms with E-state index in [2.05, 4.69) is 16.0 Å². The van der Waals surface area contributed by atoms with Crippen molar-refractivity contribution in [3.05, 3.63) is 16.1 Å². The summed E-state index contributed by atoms with van der Waals surface area (Å²) in [5.74, 6) is 0.831. The van der Waals surface area contributed by atoms with Gasteiger partial charge in [-0.15, -0.1) is 36.2 Å². The Morgan fingerprint density at radius 2 is 2.00 bits per heavy atom. The van der Waals surface area contributed by atoms with E-state index in [9.17, 15) is 4.79 Å². The number of nitrogens with one attached hydrogen (secondary N) is 2. The van der Waals surface area contributed by atoms with Crippen LogP contribution < -0.4 is 10.6 Å². The summed E-state index contributed by atoms with van der Waals surface area (Å²) in [6.45, 7) is 1.67. The highest BCUT2D eigenvalue weighted by molar-refractivity contribution is 7.09. The minimum Gasteiger partial charge on any atom is -0.354 e. The molecule has 2 fully saturated rings. The zero-order valence-electron chi connectivity index (χ0n) is 13.4. The van der Waals surface area contributed by atoms with Crippen molar-refractivity contribution in [1.82, 2.24) is 15.6 Å². The number of rotatable bonds is 5. The van der Waals surface area contributed by atoms with Crippen LogP contribution in [0.15, 0.2) is 5.38 Å². The SMILES string of the molecule is Cl.Cl.O=C(NCCc1nc(C2CCCCC2)cs1)C1CCCN1. The van der Waals surface area contributed by atoms with Crippen molar-refractivity contribution < 1.29 is 4.79 Å². The average Bonchev–Trinajstić information content (AvgIpc) is 3.20. The van der Waals surface area contributed by atoms with E-state index in [1.54, 1.807) is 11.3 Å². The summed E-state index contributed by atoms with van der Waals surface area (Å²) in [6.07, 6.45) is 9.61. The normalized spacial score (nSPS) is 21.3. The Balaban J connectivity index is 0.00000132. The first-order valence-electron chi connectivity index (χ1n) is 8.28. The van der Waals surface area contributed by atoms with Crippen LogP contribution in [0, 0.1) is 0 Å². The van der Waals surface area contributed by atoms with Gasteiger partial charge in [-0.1, -0.05) is 19.3 Å². The third-order valence-electron chi connectivity index (χ3n) is 4.61. The van der Waals surface area contributed by atoms with Crippen molar-refractivity contribution in [3.8, 4) is 0 Å². The molecule has 2 N–H and O–H groups in total. The number of carbonyl (C=O) groups excluding carboxylic acids is 1. The number of halogens is 2. The highest BCUT2D eigenvalue weighted by Gasteiger charge is 2.21. The van der Waals surface area contributed by atoms with Crippen LogP contribution in [-0.4, -0.2) is 30.0 Å². The predicted molar refractivity (Wildman–Crippen MR) is 100 cm³/mol. The largest absolute Gasteiger partial charge is 0.354 e. The third-order valence-corrected chi connectivity index (χ3v) is 5.53. The molecule has 1 aliphatic heterocycles. The van der Waals surface area contributed by atoms with Crippen LogP contribution in [0.4, 0.5) is 0 Å². The van der Waals surface area contributed by atoms with E-state index in [0.29, 0.717) is 12.5 Å². The Bertz CT molecular complexity index is 472. The maximum absolute atomic E-state index is 11.9. The first-order valence-corrected chi connectivity index (χ1v) is 9.16. The van der Waals surface area contributed by atoms with Crippen molar-refractivity contribution in [3.63, 3.8) is 0 Å². The van der Waals surface area contributed by atoms with E-state index in [4.69, 9.17) is 4.98 Å². The van der Waals surface area contributed by atoms with E-state index >= 15 is 0 Å². The van der Waals surface area contributed by atoms with Crippen LogP contribution in [0.3, 0.4) is 0 Å². The van der Waals surface area contributed by atoms with Crippen molar-refractivity contribution in [2.45, 2.75) is 63.3 Å². The number of hydrogen-bond donors (Lipinski definition) is 2. The second-order valence-corrected chi connectivity index (χ2v) is 7.13. The Hall–Kier alpha value is -0.360. The maximum Gasteiger partial charge on any atom is 0.237 e. The van der Waals surface area contributed by atoms with Crippen molar-refractivity contribution in [2.75, 3.05) is 13.1 Å². The predicted octanol–water partition coefficient (Wildman–Crippen LogP) is 3.45. The summed E-state index contributed by atoms with van der Waals surface area (Å²) in [4.78, 5) is 16.7. The van der Waals surface area contributed by atoms with Gasteiger partial charge in [-0.25, -0.2) is 4.98 Å². The van der Waals surface area contributed by atoms with Gasteiger partial charge in [0.2, 0.25) is 5.91 Å². The van der Waals surface area contributed by atoms with Crippen LogP contribution in [0.5, 0.6) is 0 Å². The van der Waals surface area contributed by atoms with Gasteiger partial charge in [0.1, 0.15) is 0 Å². The fraction of sp³-hybridized carbons (Fsp3) is 0.750. The minimum atomic E-state index is 0. The van der Waals surface area contributed by atoms with Gasteiger partial charge in [-0.05, 0) is 32.2 Å². The zero-order chi connectivity index (χ0) is 14.5. The van der Waals surface area contributed by atoms with Crippen LogP contribution in [0.1, 0.15) is 61.6 Å². The molecule has 1 saturated carbocycles. The van der Waals surface area contributed by atoms with Gasteiger partial charge >= 0.3 is 0 Å². The Labute approximate surface area is 155 Å². The Morgan fingerprint density at radius 3 is 2.70 bits per heavy atom. The molecule has 0 radical (unpaired) electrons. The monoisotopic (exact) mass is 379 g/mol. The lowest BCUT2D eigenvalue weighted by molar-refractivity contribution is -0.122. The fourth-order valence-electron chi connectivity index (χ4n) is 3.35. The van der Waals surface area contributed by atoms with Crippen LogP contribution >= 0.6 is 36.2 Å². The minimum absolute atomic E-state index is 0. The molecule has 1 atom stereocenters. The van der Waals surface area contributed by atoms with Gasteiger partial charge < -0.3 is 10.6 Å². The number of hydrogen-bond acceptors (Lipinski definition) is 4. The van der Waals surface area contributed by atoms with Gasteiger partial charge in [-0.3, -0.25) is 4.79 Å². The summed E-state index contributed by atoms with van der Waals surface area (Å²) < 4.78 is 0. The number of thiazole rings is 1. The van der Waals surface area contributed by atoms with Gasteiger partial charge in [0.05, 0.1) is 16.7 Å². The number of nitrogens with zero attached hydrogens (tertiary/aromatic N) is 1.